The number of ether oxygens (including phenoxy) is 4. The van der Waals surface area contributed by atoms with Crippen molar-refractivity contribution in [2.75, 3.05) is 28.4 Å². The van der Waals surface area contributed by atoms with E-state index in [1.807, 2.05) is 25.1 Å². The number of fused-ring (bicyclic) bond motifs is 1. The summed E-state index contributed by atoms with van der Waals surface area (Å²) in [7, 11) is 5.81. The molecule has 2 aromatic carbocycles. The Morgan fingerprint density at radius 3 is 2.18 bits per heavy atom. The van der Waals surface area contributed by atoms with Crippen molar-refractivity contribution in [2.24, 2.45) is 0 Å². The highest BCUT2D eigenvalue weighted by Crippen LogP contribution is 2.39. The van der Waals surface area contributed by atoms with Gasteiger partial charge in [-0.25, -0.2) is 4.79 Å². The van der Waals surface area contributed by atoms with Crippen LogP contribution in [0.15, 0.2) is 53.6 Å². The molecular formula is C24H23N3O6. The molecule has 0 amide bonds. The van der Waals surface area contributed by atoms with Gasteiger partial charge in [-0.2, -0.15) is 9.78 Å². The molecule has 0 saturated heterocycles. The predicted octanol–water partition coefficient (Wildman–Crippen LogP) is 3.25. The van der Waals surface area contributed by atoms with Crippen molar-refractivity contribution in [3.05, 3.63) is 70.3 Å². The Bertz CT molecular complexity index is 1350. The average molecular weight is 449 g/mol. The van der Waals surface area contributed by atoms with Crippen LogP contribution in [0.2, 0.25) is 0 Å². The van der Waals surface area contributed by atoms with Gasteiger partial charge in [-0.3, -0.25) is 4.79 Å². The number of hydrogen-bond donors (Lipinski definition) is 0. The van der Waals surface area contributed by atoms with Gasteiger partial charge in [0.2, 0.25) is 5.75 Å². The lowest BCUT2D eigenvalue weighted by Crippen LogP contribution is -2.15. The topological polar surface area (TPSA) is 93.8 Å². The molecule has 0 spiro atoms. The zero-order valence-electron chi connectivity index (χ0n) is 18.9. The number of rotatable bonds is 6. The zero-order valence-corrected chi connectivity index (χ0v) is 18.9. The third-order valence-corrected chi connectivity index (χ3v) is 5.27. The summed E-state index contributed by atoms with van der Waals surface area (Å²) in [6.45, 7) is 1.93. The summed E-state index contributed by atoms with van der Waals surface area (Å²) in [5, 5.41) is 4.44. The minimum Gasteiger partial charge on any atom is -0.493 e. The summed E-state index contributed by atoms with van der Waals surface area (Å²) < 4.78 is 24.1. The summed E-state index contributed by atoms with van der Waals surface area (Å²) >= 11 is 0. The molecule has 0 N–H and O–H groups in total. The Morgan fingerprint density at radius 2 is 1.61 bits per heavy atom. The standard InChI is InChI=1S/C24H23N3O6/c1-14-7-6-8-15(9-14)27-23(28)17-12-26(13-18(21(17)25-27)24(29)33-5)16-10-19(30-2)22(32-4)20(11-16)31-3/h6-13H,1-5H3. The minimum absolute atomic E-state index is 0.146. The quantitative estimate of drug-likeness (QED) is 0.417. The highest BCUT2D eigenvalue weighted by Gasteiger charge is 2.26. The Labute approximate surface area is 190 Å². The number of benzene rings is 2. The first-order valence-corrected chi connectivity index (χ1v) is 10.0. The second-order valence-electron chi connectivity index (χ2n) is 7.27. The van der Waals surface area contributed by atoms with Gasteiger partial charge in [-0.15, -0.1) is 0 Å². The number of aryl methyl sites for hydroxylation is 1. The Kier molecular flexibility index (Phi) is 5.78. The van der Waals surface area contributed by atoms with Crippen LogP contribution in [-0.4, -0.2) is 48.8 Å². The Morgan fingerprint density at radius 1 is 0.909 bits per heavy atom. The van der Waals surface area contributed by atoms with Gasteiger partial charge >= 0.3 is 5.97 Å². The Balaban J connectivity index is 2.00. The van der Waals surface area contributed by atoms with E-state index in [-0.39, 0.29) is 22.4 Å². The summed E-state index contributed by atoms with van der Waals surface area (Å²) in [6.07, 6.45) is 3.17. The van der Waals surface area contributed by atoms with Crippen LogP contribution in [0.1, 0.15) is 15.9 Å². The molecule has 2 heterocycles. The normalized spacial score (nSPS) is 10.8. The van der Waals surface area contributed by atoms with Gasteiger partial charge in [0.25, 0.3) is 5.56 Å². The van der Waals surface area contributed by atoms with Crippen molar-refractivity contribution in [1.82, 2.24) is 14.3 Å². The van der Waals surface area contributed by atoms with E-state index in [9.17, 15) is 9.59 Å². The zero-order chi connectivity index (χ0) is 23.7. The molecule has 0 fully saturated rings. The molecule has 2 aliphatic rings. The van der Waals surface area contributed by atoms with Crippen molar-refractivity contribution in [2.45, 2.75) is 6.92 Å². The van der Waals surface area contributed by atoms with E-state index < -0.39 is 5.97 Å². The van der Waals surface area contributed by atoms with Crippen LogP contribution in [0.25, 0.3) is 22.6 Å². The molecule has 0 aliphatic carbocycles. The summed E-state index contributed by atoms with van der Waals surface area (Å²) in [5.41, 5.74) is 2.46. The van der Waals surface area contributed by atoms with E-state index in [1.165, 1.54) is 33.1 Å². The number of methoxy groups -OCH3 is 4. The second kappa shape index (κ2) is 8.70. The molecule has 33 heavy (non-hydrogen) atoms. The van der Waals surface area contributed by atoms with E-state index in [4.69, 9.17) is 18.9 Å². The van der Waals surface area contributed by atoms with Gasteiger partial charge < -0.3 is 23.5 Å². The lowest BCUT2D eigenvalue weighted by molar-refractivity contribution is 0.0600. The molecule has 9 heteroatoms. The highest BCUT2D eigenvalue weighted by molar-refractivity contribution is 5.96. The van der Waals surface area contributed by atoms with Crippen LogP contribution in [0, 0.1) is 6.92 Å². The van der Waals surface area contributed by atoms with E-state index in [0.29, 0.717) is 28.6 Å². The lowest BCUT2D eigenvalue weighted by Gasteiger charge is -2.16. The molecule has 0 aromatic heterocycles. The monoisotopic (exact) mass is 449 g/mol. The van der Waals surface area contributed by atoms with Crippen molar-refractivity contribution >= 4 is 5.97 Å². The van der Waals surface area contributed by atoms with Crippen LogP contribution in [0.5, 0.6) is 17.2 Å². The number of esters is 1. The van der Waals surface area contributed by atoms with Crippen LogP contribution in [-0.2, 0) is 4.74 Å². The summed E-state index contributed by atoms with van der Waals surface area (Å²) in [5.74, 6) is 0.666. The fourth-order valence-electron chi connectivity index (χ4n) is 3.67. The largest absolute Gasteiger partial charge is 0.493 e. The SMILES string of the molecule is COC(=O)c1cn(-c2cc(OC)c(OC)c(OC)c2)cc2c(=O)n(-c3cccc(C)c3)nc1-2. The Hall–Kier alpha value is -4.27. The fraction of sp³-hybridized carbons (Fsp3) is 0.208. The molecule has 170 valence electrons. The van der Waals surface area contributed by atoms with Gasteiger partial charge in [0.05, 0.1) is 45.4 Å². The van der Waals surface area contributed by atoms with Crippen LogP contribution < -0.4 is 19.8 Å². The summed E-state index contributed by atoms with van der Waals surface area (Å²) in [6, 6.07) is 10.8. The van der Waals surface area contributed by atoms with Crippen LogP contribution in [0.4, 0.5) is 0 Å². The van der Waals surface area contributed by atoms with E-state index in [0.717, 1.165) is 5.56 Å². The summed E-state index contributed by atoms with van der Waals surface area (Å²) in [4.78, 5) is 25.9. The first kappa shape index (κ1) is 21.9. The molecule has 0 bridgehead atoms. The smallest absolute Gasteiger partial charge is 0.341 e. The molecule has 4 rings (SSSR count). The molecule has 9 nitrogen and oxygen atoms in total. The first-order valence-electron chi connectivity index (χ1n) is 10.0. The number of aromatic nitrogens is 3. The number of pyridine rings is 1. The van der Waals surface area contributed by atoms with Crippen molar-refractivity contribution in [3.8, 4) is 39.9 Å². The molecular weight excluding hydrogens is 426 g/mol. The third-order valence-electron chi connectivity index (χ3n) is 5.27. The average Bonchev–Trinajstić information content (AvgIpc) is 3.18. The van der Waals surface area contributed by atoms with Crippen LogP contribution >= 0.6 is 0 Å². The molecule has 2 aliphatic heterocycles. The van der Waals surface area contributed by atoms with Gasteiger partial charge in [0, 0.05) is 24.5 Å². The van der Waals surface area contributed by atoms with Crippen molar-refractivity contribution in [3.63, 3.8) is 0 Å². The van der Waals surface area contributed by atoms with E-state index in [2.05, 4.69) is 5.10 Å². The van der Waals surface area contributed by atoms with E-state index >= 15 is 0 Å². The third kappa shape index (κ3) is 3.78. The van der Waals surface area contributed by atoms with Gasteiger partial charge in [0.1, 0.15) is 11.3 Å². The van der Waals surface area contributed by atoms with Crippen molar-refractivity contribution < 1.29 is 23.7 Å². The molecule has 0 unspecified atom stereocenters. The maximum absolute atomic E-state index is 13.3. The maximum Gasteiger partial charge on any atom is 0.341 e. The van der Waals surface area contributed by atoms with Gasteiger partial charge in [0.15, 0.2) is 11.5 Å². The number of carbonyl (C=O) groups is 1. The molecule has 0 saturated carbocycles. The number of nitrogens with zero attached hydrogens (tertiary/aromatic N) is 3. The lowest BCUT2D eigenvalue weighted by atomic mass is 10.1. The molecule has 0 atom stereocenters. The maximum atomic E-state index is 13.3. The van der Waals surface area contributed by atoms with Gasteiger partial charge in [-0.05, 0) is 24.6 Å². The second-order valence-corrected chi connectivity index (χ2v) is 7.27. The van der Waals surface area contributed by atoms with Crippen molar-refractivity contribution in [1.29, 1.82) is 0 Å². The van der Waals surface area contributed by atoms with E-state index in [1.54, 1.807) is 35.2 Å². The number of carbonyl (C=O) groups excluding carboxylic acids is 1. The van der Waals surface area contributed by atoms with Crippen LogP contribution in [0.3, 0.4) is 0 Å². The predicted molar refractivity (Wildman–Crippen MR) is 122 cm³/mol. The number of hydrogen-bond acceptors (Lipinski definition) is 7. The minimum atomic E-state index is -0.615. The van der Waals surface area contributed by atoms with Gasteiger partial charge in [-0.1, -0.05) is 12.1 Å². The molecule has 2 aromatic rings. The molecule has 0 radical (unpaired) electrons. The fourth-order valence-corrected chi connectivity index (χ4v) is 3.67. The first-order chi connectivity index (χ1) is 15.9. The highest BCUT2D eigenvalue weighted by atomic mass is 16.5.